The zero-order valence-corrected chi connectivity index (χ0v) is 11.8. The Morgan fingerprint density at radius 2 is 2.10 bits per heavy atom. The van der Waals surface area contributed by atoms with Crippen molar-refractivity contribution in [2.24, 2.45) is 0 Å². The van der Waals surface area contributed by atoms with Crippen LogP contribution in [0.25, 0.3) is 0 Å². The van der Waals surface area contributed by atoms with E-state index in [4.69, 9.17) is 9.26 Å². The Balaban J connectivity index is 2.07. The third kappa shape index (κ3) is 4.39. The molecule has 2 rings (SSSR count). The monoisotopic (exact) mass is 292 g/mol. The quantitative estimate of drug-likeness (QED) is 0.736. The summed E-state index contributed by atoms with van der Waals surface area (Å²) in [6.07, 6.45) is 2.07. The summed E-state index contributed by atoms with van der Waals surface area (Å²) < 4.78 is 22.6. The number of ether oxygens (including phenoxy) is 1. The van der Waals surface area contributed by atoms with Crippen LogP contribution in [-0.4, -0.2) is 36.2 Å². The minimum atomic E-state index is -0.299. The van der Waals surface area contributed by atoms with Crippen molar-refractivity contribution in [1.82, 2.24) is 10.1 Å². The molecule has 1 aromatic heterocycles. The minimum absolute atomic E-state index is 0.218. The third-order valence-corrected chi connectivity index (χ3v) is 3.01. The van der Waals surface area contributed by atoms with E-state index in [-0.39, 0.29) is 17.4 Å². The van der Waals surface area contributed by atoms with Crippen LogP contribution in [0.3, 0.4) is 0 Å². The predicted octanol–water partition coefficient (Wildman–Crippen LogP) is 2.49. The van der Waals surface area contributed by atoms with E-state index in [1.165, 1.54) is 24.5 Å². The number of carbonyl (C=O) groups excluding carboxylic acids is 1. The van der Waals surface area contributed by atoms with Crippen LogP contribution < -0.4 is 0 Å². The standard InChI is InChI=1S/C15H17FN2O3/c1-20-9-2-8-18(15(19)14-7-10-21-17-14)11-12-3-5-13(16)6-4-12/h3-7,10H,2,8-9,11H2,1H3. The van der Waals surface area contributed by atoms with E-state index in [2.05, 4.69) is 5.16 Å². The van der Waals surface area contributed by atoms with Crippen LogP contribution in [0.4, 0.5) is 4.39 Å². The molecule has 0 aliphatic rings. The van der Waals surface area contributed by atoms with Crippen LogP contribution >= 0.6 is 0 Å². The average molecular weight is 292 g/mol. The lowest BCUT2D eigenvalue weighted by Gasteiger charge is -2.21. The molecule has 6 heteroatoms. The van der Waals surface area contributed by atoms with Crippen LogP contribution in [-0.2, 0) is 11.3 Å². The number of nitrogens with zero attached hydrogens (tertiary/aromatic N) is 2. The van der Waals surface area contributed by atoms with Crippen molar-refractivity contribution in [3.05, 3.63) is 53.7 Å². The zero-order chi connectivity index (χ0) is 15.1. The molecule has 0 bridgehead atoms. The van der Waals surface area contributed by atoms with E-state index in [9.17, 15) is 9.18 Å². The van der Waals surface area contributed by atoms with E-state index < -0.39 is 0 Å². The highest BCUT2D eigenvalue weighted by Crippen LogP contribution is 2.11. The number of hydrogen-bond acceptors (Lipinski definition) is 4. The number of aromatic nitrogens is 1. The van der Waals surface area contributed by atoms with Gasteiger partial charge >= 0.3 is 0 Å². The topological polar surface area (TPSA) is 55.6 Å². The first kappa shape index (κ1) is 15.2. The van der Waals surface area contributed by atoms with E-state index in [1.54, 1.807) is 24.1 Å². The van der Waals surface area contributed by atoms with Crippen LogP contribution in [0.1, 0.15) is 22.5 Å². The van der Waals surface area contributed by atoms with Crippen LogP contribution in [0, 0.1) is 5.82 Å². The lowest BCUT2D eigenvalue weighted by molar-refractivity contribution is 0.0713. The number of rotatable bonds is 7. The van der Waals surface area contributed by atoms with E-state index in [0.717, 1.165) is 5.56 Å². The Morgan fingerprint density at radius 3 is 2.71 bits per heavy atom. The summed E-state index contributed by atoms with van der Waals surface area (Å²) in [5, 5.41) is 3.66. The highest BCUT2D eigenvalue weighted by molar-refractivity contribution is 5.92. The highest BCUT2D eigenvalue weighted by atomic mass is 19.1. The van der Waals surface area contributed by atoms with Gasteiger partial charge in [-0.15, -0.1) is 0 Å². The molecule has 21 heavy (non-hydrogen) atoms. The second-order valence-electron chi connectivity index (χ2n) is 4.58. The van der Waals surface area contributed by atoms with Gasteiger partial charge in [-0.3, -0.25) is 4.79 Å². The van der Waals surface area contributed by atoms with Gasteiger partial charge in [-0.2, -0.15) is 0 Å². The van der Waals surface area contributed by atoms with Gasteiger partial charge in [0.25, 0.3) is 5.91 Å². The number of benzene rings is 1. The lowest BCUT2D eigenvalue weighted by atomic mass is 10.2. The molecule has 0 spiro atoms. The summed E-state index contributed by atoms with van der Waals surface area (Å²) >= 11 is 0. The van der Waals surface area contributed by atoms with Gasteiger partial charge in [-0.1, -0.05) is 17.3 Å². The van der Waals surface area contributed by atoms with E-state index in [1.807, 2.05) is 0 Å². The van der Waals surface area contributed by atoms with Crippen molar-refractivity contribution >= 4 is 5.91 Å². The van der Waals surface area contributed by atoms with Crippen LogP contribution in [0.2, 0.25) is 0 Å². The van der Waals surface area contributed by atoms with Gasteiger partial charge in [-0.05, 0) is 24.1 Å². The van der Waals surface area contributed by atoms with Crippen molar-refractivity contribution in [2.45, 2.75) is 13.0 Å². The fourth-order valence-corrected chi connectivity index (χ4v) is 1.95. The van der Waals surface area contributed by atoms with Gasteiger partial charge in [0.05, 0.1) is 0 Å². The lowest BCUT2D eigenvalue weighted by Crippen LogP contribution is -2.32. The van der Waals surface area contributed by atoms with Crippen molar-refractivity contribution in [3.63, 3.8) is 0 Å². The average Bonchev–Trinajstić information content (AvgIpc) is 3.02. The summed E-state index contributed by atoms with van der Waals surface area (Å²) in [5.41, 5.74) is 1.11. The molecule has 1 aromatic carbocycles. The van der Waals surface area contributed by atoms with Crippen molar-refractivity contribution in [1.29, 1.82) is 0 Å². The summed E-state index contributed by atoms with van der Waals surface area (Å²) in [4.78, 5) is 14.0. The second-order valence-corrected chi connectivity index (χ2v) is 4.58. The molecule has 0 aliphatic heterocycles. The largest absolute Gasteiger partial charge is 0.385 e. The van der Waals surface area contributed by atoms with E-state index >= 15 is 0 Å². The third-order valence-electron chi connectivity index (χ3n) is 3.01. The van der Waals surface area contributed by atoms with Gasteiger partial charge in [0.2, 0.25) is 0 Å². The van der Waals surface area contributed by atoms with Crippen molar-refractivity contribution in [3.8, 4) is 0 Å². The second kappa shape index (κ2) is 7.54. The van der Waals surface area contributed by atoms with Crippen LogP contribution in [0.15, 0.2) is 41.1 Å². The molecule has 1 heterocycles. The zero-order valence-electron chi connectivity index (χ0n) is 11.8. The Kier molecular flexibility index (Phi) is 5.45. The van der Waals surface area contributed by atoms with Crippen molar-refractivity contribution in [2.75, 3.05) is 20.3 Å². The number of carbonyl (C=O) groups is 1. The molecular formula is C15H17FN2O3. The molecule has 0 unspecified atom stereocenters. The SMILES string of the molecule is COCCCN(Cc1ccc(F)cc1)C(=O)c1ccon1. The molecule has 0 N–H and O–H groups in total. The Hall–Kier alpha value is -2.21. The van der Waals surface area contributed by atoms with Crippen molar-refractivity contribution < 1.29 is 18.4 Å². The first-order valence-electron chi connectivity index (χ1n) is 6.63. The smallest absolute Gasteiger partial charge is 0.276 e. The maximum Gasteiger partial charge on any atom is 0.276 e. The molecule has 0 saturated heterocycles. The Morgan fingerprint density at radius 1 is 1.33 bits per heavy atom. The first-order valence-corrected chi connectivity index (χ1v) is 6.63. The summed E-state index contributed by atoms with van der Waals surface area (Å²) in [6, 6.07) is 7.60. The molecule has 5 nitrogen and oxygen atoms in total. The van der Waals surface area contributed by atoms with Gasteiger partial charge in [-0.25, -0.2) is 4.39 Å². The minimum Gasteiger partial charge on any atom is -0.385 e. The van der Waals surface area contributed by atoms with Gasteiger partial charge < -0.3 is 14.2 Å². The summed E-state index contributed by atoms with van der Waals surface area (Å²) in [5.74, 6) is -0.517. The molecule has 2 aromatic rings. The fraction of sp³-hybridized carbons (Fsp3) is 0.333. The molecule has 0 fully saturated rings. The fourth-order valence-electron chi connectivity index (χ4n) is 1.95. The first-order chi connectivity index (χ1) is 10.2. The molecule has 0 aliphatic carbocycles. The van der Waals surface area contributed by atoms with Gasteiger partial charge in [0.15, 0.2) is 5.69 Å². The van der Waals surface area contributed by atoms with Gasteiger partial charge in [0, 0.05) is 32.9 Å². The van der Waals surface area contributed by atoms with Crippen LogP contribution in [0.5, 0.6) is 0 Å². The van der Waals surface area contributed by atoms with Gasteiger partial charge in [0.1, 0.15) is 12.1 Å². The molecule has 1 amide bonds. The Labute approximate surface area is 122 Å². The maximum atomic E-state index is 12.9. The highest BCUT2D eigenvalue weighted by Gasteiger charge is 2.18. The Bertz CT molecular complexity index is 555. The number of amides is 1. The molecule has 0 atom stereocenters. The number of hydrogen-bond donors (Lipinski definition) is 0. The number of methoxy groups -OCH3 is 1. The normalized spacial score (nSPS) is 10.6. The molecular weight excluding hydrogens is 275 g/mol. The molecule has 112 valence electrons. The predicted molar refractivity (Wildman–Crippen MR) is 74.1 cm³/mol. The molecule has 0 saturated carbocycles. The number of halogens is 1. The summed E-state index contributed by atoms with van der Waals surface area (Å²) in [7, 11) is 1.61. The maximum absolute atomic E-state index is 12.9. The summed E-state index contributed by atoms with van der Waals surface area (Å²) in [6.45, 7) is 1.47. The molecule has 0 radical (unpaired) electrons. The van der Waals surface area contributed by atoms with E-state index in [0.29, 0.717) is 26.1 Å².